The Labute approximate surface area is 109 Å². The quantitative estimate of drug-likeness (QED) is 0.271. The molecule has 3 aromatic carbocycles. The number of fused-ring (bicyclic) bond motifs is 3. The van der Waals surface area contributed by atoms with Gasteiger partial charge in [0.05, 0.1) is 0 Å². The topological polar surface area (TPSA) is 39.8 Å². The maximum Gasteiger partial charge on any atom is 0.243 e. The minimum atomic E-state index is 0.602. The molecule has 19 heavy (non-hydrogen) atoms. The lowest BCUT2D eigenvalue weighted by atomic mass is 10.1. The summed E-state index contributed by atoms with van der Waals surface area (Å²) in [5.74, 6) is 0. The molecule has 0 N–H and O–H groups in total. The Hall–Kier alpha value is -2.68. The average Bonchev–Trinajstić information content (AvgIpc) is 2.46. The second kappa shape index (κ2) is 3.65. The molecule has 1 aromatic heterocycles. The zero-order chi connectivity index (χ0) is 12.8. The molecule has 4 aromatic rings. The molecule has 0 bridgehead atoms. The first-order valence-electron chi connectivity index (χ1n) is 6.14. The average molecular weight is 246 g/mol. The van der Waals surface area contributed by atoms with E-state index in [1.165, 1.54) is 0 Å². The van der Waals surface area contributed by atoms with E-state index >= 15 is 0 Å². The summed E-state index contributed by atoms with van der Waals surface area (Å²) >= 11 is 0. The third kappa shape index (κ3) is 1.45. The Kier molecular flexibility index (Phi) is 1.97. The van der Waals surface area contributed by atoms with Crippen molar-refractivity contribution in [1.29, 1.82) is 0 Å². The smallest absolute Gasteiger partial charge is 0.243 e. The van der Waals surface area contributed by atoms with Crippen LogP contribution in [0.4, 0.5) is 0 Å². The van der Waals surface area contributed by atoms with Crippen molar-refractivity contribution in [2.45, 2.75) is 0 Å². The highest BCUT2D eigenvalue weighted by molar-refractivity contribution is 5.95. The first-order chi connectivity index (χ1) is 9.33. The molecule has 0 spiro atoms. The second-order valence-corrected chi connectivity index (χ2v) is 4.58. The van der Waals surface area contributed by atoms with Crippen molar-refractivity contribution in [3.05, 3.63) is 65.9 Å². The molecule has 0 aliphatic carbocycles. The fourth-order valence-corrected chi connectivity index (χ4v) is 2.46. The molecule has 3 nitrogen and oxygen atoms in total. The van der Waals surface area contributed by atoms with Gasteiger partial charge in [-0.15, -0.1) is 0 Å². The molecule has 1 heterocycles. The fraction of sp³-hybridized carbons (Fsp3) is 0. The van der Waals surface area contributed by atoms with Crippen LogP contribution in [0.3, 0.4) is 0 Å². The van der Waals surface area contributed by atoms with Crippen molar-refractivity contribution < 1.29 is 4.73 Å². The highest BCUT2D eigenvalue weighted by atomic mass is 16.5. The molecule has 0 amide bonds. The molecule has 0 aliphatic rings. The summed E-state index contributed by atoms with van der Waals surface area (Å²) in [6.07, 6.45) is 0. The number of rotatable bonds is 0. The standard InChI is InChI=1S/C16H10N2O/c19-18-15-8-4-3-7-13(15)17-14-9-11-5-1-2-6-12(11)10-16(14)18/h1-10H. The molecular weight excluding hydrogens is 236 g/mol. The molecule has 0 radical (unpaired) electrons. The van der Waals surface area contributed by atoms with Crippen LogP contribution >= 0.6 is 0 Å². The lowest BCUT2D eigenvalue weighted by molar-refractivity contribution is -0.548. The first-order valence-corrected chi connectivity index (χ1v) is 6.14. The van der Waals surface area contributed by atoms with E-state index in [1.54, 1.807) is 6.07 Å². The molecular formula is C16H10N2O. The van der Waals surface area contributed by atoms with E-state index in [1.807, 2.05) is 54.6 Å². The summed E-state index contributed by atoms with van der Waals surface area (Å²) in [6, 6.07) is 19.3. The van der Waals surface area contributed by atoms with Gasteiger partial charge in [0.15, 0.2) is 0 Å². The van der Waals surface area contributed by atoms with E-state index < -0.39 is 0 Å². The highest BCUT2D eigenvalue weighted by Crippen LogP contribution is 2.21. The number of hydrogen-bond donors (Lipinski definition) is 0. The van der Waals surface area contributed by atoms with Gasteiger partial charge in [0.2, 0.25) is 11.0 Å². The summed E-state index contributed by atoms with van der Waals surface area (Å²) in [4.78, 5) is 4.57. The van der Waals surface area contributed by atoms with Crippen LogP contribution in [0, 0.1) is 5.21 Å². The predicted octanol–water partition coefficient (Wildman–Crippen LogP) is 3.17. The number of para-hydroxylation sites is 2. The van der Waals surface area contributed by atoms with E-state index in [0.29, 0.717) is 11.0 Å². The van der Waals surface area contributed by atoms with Gasteiger partial charge < -0.3 is 5.21 Å². The lowest BCUT2D eigenvalue weighted by Gasteiger charge is -2.06. The third-order valence-electron chi connectivity index (χ3n) is 3.40. The Bertz CT molecular complexity index is 926. The van der Waals surface area contributed by atoms with Gasteiger partial charge in [-0.1, -0.05) is 36.4 Å². The molecule has 0 fully saturated rings. The monoisotopic (exact) mass is 246 g/mol. The van der Waals surface area contributed by atoms with Crippen molar-refractivity contribution in [3.63, 3.8) is 0 Å². The van der Waals surface area contributed by atoms with Gasteiger partial charge in [-0.25, -0.2) is 4.98 Å². The SMILES string of the molecule is [O-][n+]1c2ccccc2nc2cc3ccccc3cc21. The molecule has 3 heteroatoms. The zero-order valence-electron chi connectivity index (χ0n) is 10.1. The zero-order valence-corrected chi connectivity index (χ0v) is 10.1. The fourth-order valence-electron chi connectivity index (χ4n) is 2.46. The van der Waals surface area contributed by atoms with Gasteiger partial charge in [0, 0.05) is 12.1 Å². The normalized spacial score (nSPS) is 11.4. The minimum absolute atomic E-state index is 0.602. The van der Waals surface area contributed by atoms with Crippen molar-refractivity contribution in [2.75, 3.05) is 0 Å². The molecule has 0 saturated heterocycles. The number of aromatic nitrogens is 2. The Balaban J connectivity index is 2.25. The van der Waals surface area contributed by atoms with E-state index in [-0.39, 0.29) is 0 Å². The summed E-state index contributed by atoms with van der Waals surface area (Å²) in [6.45, 7) is 0. The van der Waals surface area contributed by atoms with Crippen LogP contribution in [0.25, 0.3) is 32.8 Å². The van der Waals surface area contributed by atoms with Crippen LogP contribution in [-0.2, 0) is 0 Å². The molecule has 0 atom stereocenters. The van der Waals surface area contributed by atoms with E-state index in [9.17, 15) is 5.21 Å². The highest BCUT2D eigenvalue weighted by Gasteiger charge is 2.12. The van der Waals surface area contributed by atoms with E-state index in [0.717, 1.165) is 26.5 Å². The van der Waals surface area contributed by atoms with Crippen LogP contribution in [0.2, 0.25) is 0 Å². The molecule has 0 saturated carbocycles. The summed E-state index contributed by atoms with van der Waals surface area (Å²) in [7, 11) is 0. The van der Waals surface area contributed by atoms with E-state index in [2.05, 4.69) is 4.98 Å². The third-order valence-corrected chi connectivity index (χ3v) is 3.40. The largest absolute Gasteiger partial charge is 0.618 e. The van der Waals surface area contributed by atoms with Crippen molar-refractivity contribution >= 4 is 32.8 Å². The number of nitrogens with zero attached hydrogens (tertiary/aromatic N) is 2. The first kappa shape index (κ1) is 10.3. The lowest BCUT2D eigenvalue weighted by Crippen LogP contribution is -2.28. The number of benzene rings is 3. The van der Waals surface area contributed by atoms with Crippen molar-refractivity contribution in [3.8, 4) is 0 Å². The Morgan fingerprint density at radius 1 is 0.737 bits per heavy atom. The van der Waals surface area contributed by atoms with Gasteiger partial charge in [-0.3, -0.25) is 0 Å². The van der Waals surface area contributed by atoms with Gasteiger partial charge in [0.1, 0.15) is 11.0 Å². The Morgan fingerprint density at radius 2 is 1.42 bits per heavy atom. The van der Waals surface area contributed by atoms with Crippen LogP contribution in [-0.4, -0.2) is 4.98 Å². The molecule has 90 valence electrons. The maximum atomic E-state index is 12.4. The summed E-state index contributed by atoms with van der Waals surface area (Å²) < 4.78 is 0.962. The molecule has 0 unspecified atom stereocenters. The summed E-state index contributed by atoms with van der Waals surface area (Å²) in [5.41, 5.74) is 2.66. The summed E-state index contributed by atoms with van der Waals surface area (Å²) in [5, 5.41) is 14.6. The van der Waals surface area contributed by atoms with Gasteiger partial charge in [-0.2, -0.15) is 4.73 Å². The maximum absolute atomic E-state index is 12.4. The molecule has 4 rings (SSSR count). The van der Waals surface area contributed by atoms with Crippen LogP contribution in [0.5, 0.6) is 0 Å². The van der Waals surface area contributed by atoms with Crippen molar-refractivity contribution in [1.82, 2.24) is 4.98 Å². The van der Waals surface area contributed by atoms with Gasteiger partial charge >= 0.3 is 0 Å². The van der Waals surface area contributed by atoms with Gasteiger partial charge in [-0.05, 0) is 22.9 Å². The van der Waals surface area contributed by atoms with Crippen LogP contribution < -0.4 is 4.73 Å². The van der Waals surface area contributed by atoms with Crippen LogP contribution in [0.1, 0.15) is 0 Å². The minimum Gasteiger partial charge on any atom is -0.618 e. The van der Waals surface area contributed by atoms with Crippen molar-refractivity contribution in [2.24, 2.45) is 0 Å². The van der Waals surface area contributed by atoms with Gasteiger partial charge in [0.25, 0.3) is 0 Å². The van der Waals surface area contributed by atoms with E-state index in [4.69, 9.17) is 0 Å². The Morgan fingerprint density at radius 3 is 2.26 bits per heavy atom. The van der Waals surface area contributed by atoms with Crippen LogP contribution in [0.15, 0.2) is 60.7 Å². The number of hydrogen-bond acceptors (Lipinski definition) is 2. The molecule has 0 aliphatic heterocycles. The predicted molar refractivity (Wildman–Crippen MR) is 75.7 cm³/mol. The second-order valence-electron chi connectivity index (χ2n) is 4.58.